The molecular formula is C17H23NO3. The van der Waals surface area contributed by atoms with Gasteiger partial charge in [0.05, 0.1) is 7.11 Å². The zero-order chi connectivity index (χ0) is 14.2. The van der Waals surface area contributed by atoms with Gasteiger partial charge in [0.2, 0.25) is 12.5 Å². The lowest BCUT2D eigenvalue weighted by molar-refractivity contribution is 0.171. The van der Waals surface area contributed by atoms with Crippen LogP contribution in [0.4, 0.5) is 0 Å². The highest BCUT2D eigenvalue weighted by Crippen LogP contribution is 2.49. The Bertz CT molecular complexity index is 511. The van der Waals surface area contributed by atoms with Crippen LogP contribution < -0.4 is 19.5 Å². The second kappa shape index (κ2) is 5.41. The summed E-state index contributed by atoms with van der Waals surface area (Å²) in [6.45, 7) is 2.29. The van der Waals surface area contributed by atoms with Crippen LogP contribution in [0.5, 0.6) is 17.2 Å². The topological polar surface area (TPSA) is 39.7 Å². The molecule has 1 aliphatic heterocycles. The quantitative estimate of drug-likeness (QED) is 0.838. The van der Waals surface area contributed by atoms with E-state index < -0.39 is 0 Å². The van der Waals surface area contributed by atoms with Gasteiger partial charge in [-0.15, -0.1) is 0 Å². The molecule has 3 aliphatic rings. The highest BCUT2D eigenvalue weighted by molar-refractivity contribution is 5.55. The first kappa shape index (κ1) is 13.3. The molecule has 2 fully saturated rings. The van der Waals surface area contributed by atoms with Gasteiger partial charge in [-0.25, -0.2) is 0 Å². The van der Waals surface area contributed by atoms with E-state index in [9.17, 15) is 0 Å². The van der Waals surface area contributed by atoms with Crippen molar-refractivity contribution in [1.29, 1.82) is 0 Å². The molecule has 4 heteroatoms. The maximum absolute atomic E-state index is 5.48. The summed E-state index contributed by atoms with van der Waals surface area (Å²) in [4.78, 5) is 0. The van der Waals surface area contributed by atoms with Crippen molar-refractivity contribution in [3.63, 3.8) is 0 Å². The minimum Gasteiger partial charge on any atom is -0.493 e. The van der Waals surface area contributed by atoms with E-state index >= 15 is 0 Å². The molecule has 0 amide bonds. The smallest absolute Gasteiger partial charge is 0.231 e. The van der Waals surface area contributed by atoms with Gasteiger partial charge in [-0.3, -0.25) is 0 Å². The van der Waals surface area contributed by atoms with Gasteiger partial charge >= 0.3 is 0 Å². The number of nitrogens with one attached hydrogen (secondary N) is 1. The van der Waals surface area contributed by atoms with Gasteiger partial charge in [0.1, 0.15) is 0 Å². The third-order valence-electron chi connectivity index (χ3n) is 4.88. The number of hydrogen-bond acceptors (Lipinski definition) is 4. The van der Waals surface area contributed by atoms with Crippen molar-refractivity contribution < 1.29 is 14.2 Å². The van der Waals surface area contributed by atoms with E-state index in [0.717, 1.165) is 48.1 Å². The molecule has 21 heavy (non-hydrogen) atoms. The van der Waals surface area contributed by atoms with Crippen LogP contribution >= 0.6 is 0 Å². The Kier molecular flexibility index (Phi) is 3.42. The molecule has 0 radical (unpaired) electrons. The van der Waals surface area contributed by atoms with E-state index in [1.807, 2.05) is 6.07 Å². The molecule has 0 bridgehead atoms. The zero-order valence-electron chi connectivity index (χ0n) is 12.6. The number of rotatable bonds is 7. The Labute approximate surface area is 125 Å². The summed E-state index contributed by atoms with van der Waals surface area (Å²) in [5.74, 6) is 5.19. The van der Waals surface area contributed by atoms with Gasteiger partial charge in [-0.05, 0) is 67.7 Å². The first-order valence-electron chi connectivity index (χ1n) is 8.02. The number of methoxy groups -OCH3 is 1. The summed E-state index contributed by atoms with van der Waals surface area (Å²) in [7, 11) is 1.67. The van der Waals surface area contributed by atoms with E-state index in [1.54, 1.807) is 7.11 Å². The third-order valence-corrected chi connectivity index (χ3v) is 4.88. The van der Waals surface area contributed by atoms with E-state index in [2.05, 4.69) is 11.4 Å². The van der Waals surface area contributed by atoms with Gasteiger partial charge in [-0.2, -0.15) is 0 Å². The Morgan fingerprint density at radius 2 is 1.95 bits per heavy atom. The maximum atomic E-state index is 5.48. The molecule has 2 saturated carbocycles. The van der Waals surface area contributed by atoms with Crippen LogP contribution in [0.3, 0.4) is 0 Å². The van der Waals surface area contributed by atoms with Crippen molar-refractivity contribution in [2.75, 3.05) is 20.4 Å². The van der Waals surface area contributed by atoms with Crippen LogP contribution in [0.15, 0.2) is 12.1 Å². The summed E-state index contributed by atoms with van der Waals surface area (Å²) in [6.07, 6.45) is 5.78. The average molecular weight is 289 g/mol. The fourth-order valence-corrected chi connectivity index (χ4v) is 3.44. The summed E-state index contributed by atoms with van der Waals surface area (Å²) in [6, 6.07) is 4.10. The van der Waals surface area contributed by atoms with Crippen LogP contribution in [0.2, 0.25) is 0 Å². The van der Waals surface area contributed by atoms with Crippen molar-refractivity contribution in [3.05, 3.63) is 17.7 Å². The van der Waals surface area contributed by atoms with Crippen molar-refractivity contribution in [2.45, 2.75) is 32.2 Å². The molecule has 114 valence electrons. The molecule has 4 nitrogen and oxygen atoms in total. The van der Waals surface area contributed by atoms with E-state index in [-0.39, 0.29) is 6.79 Å². The first-order valence-corrected chi connectivity index (χ1v) is 8.02. The van der Waals surface area contributed by atoms with Crippen LogP contribution in [0.1, 0.15) is 31.2 Å². The fourth-order valence-electron chi connectivity index (χ4n) is 3.44. The lowest BCUT2D eigenvalue weighted by Crippen LogP contribution is -2.25. The Morgan fingerprint density at radius 1 is 1.19 bits per heavy atom. The SMILES string of the molecule is COc1cc(CNCC(C2CC2)C2CC2)cc2c1OCO2. The van der Waals surface area contributed by atoms with Crippen molar-refractivity contribution in [3.8, 4) is 17.2 Å². The average Bonchev–Trinajstić information content (AvgIpc) is 3.41. The van der Waals surface area contributed by atoms with Crippen LogP contribution in [0, 0.1) is 17.8 Å². The molecule has 0 aromatic heterocycles. The lowest BCUT2D eigenvalue weighted by Gasteiger charge is -2.16. The van der Waals surface area contributed by atoms with Gasteiger partial charge in [0.25, 0.3) is 0 Å². The number of benzene rings is 1. The molecule has 2 aliphatic carbocycles. The second-order valence-electron chi connectivity index (χ2n) is 6.50. The van der Waals surface area contributed by atoms with E-state index in [0.29, 0.717) is 0 Å². The van der Waals surface area contributed by atoms with Gasteiger partial charge < -0.3 is 19.5 Å². The lowest BCUT2D eigenvalue weighted by atomic mass is 9.98. The monoisotopic (exact) mass is 289 g/mol. The minimum atomic E-state index is 0.286. The molecule has 1 aromatic rings. The second-order valence-corrected chi connectivity index (χ2v) is 6.50. The third kappa shape index (κ3) is 2.82. The van der Waals surface area contributed by atoms with Gasteiger partial charge in [-0.1, -0.05) is 0 Å². The standard InChI is InChI=1S/C17H23NO3/c1-19-15-6-11(7-16-17(15)21-10-20-16)8-18-9-14(12-2-3-12)13-4-5-13/h6-7,12-14,18H,2-5,8-10H2,1H3. The number of fused-ring (bicyclic) bond motifs is 1. The summed E-state index contributed by atoms with van der Waals surface area (Å²) < 4.78 is 16.3. The van der Waals surface area contributed by atoms with E-state index in [4.69, 9.17) is 14.2 Å². The van der Waals surface area contributed by atoms with Gasteiger partial charge in [0.15, 0.2) is 11.5 Å². The maximum Gasteiger partial charge on any atom is 0.231 e. The van der Waals surface area contributed by atoms with Crippen molar-refractivity contribution in [2.24, 2.45) is 17.8 Å². The molecule has 1 N–H and O–H groups in total. The van der Waals surface area contributed by atoms with Crippen LogP contribution in [-0.2, 0) is 6.54 Å². The molecule has 0 spiro atoms. The minimum absolute atomic E-state index is 0.286. The predicted molar refractivity (Wildman–Crippen MR) is 79.8 cm³/mol. The summed E-state index contributed by atoms with van der Waals surface area (Å²) in [5.41, 5.74) is 1.20. The number of hydrogen-bond donors (Lipinski definition) is 1. The largest absolute Gasteiger partial charge is 0.493 e. The molecule has 4 rings (SSSR count). The Balaban J connectivity index is 1.38. The summed E-state index contributed by atoms with van der Waals surface area (Å²) >= 11 is 0. The Hall–Kier alpha value is -1.42. The molecular weight excluding hydrogens is 266 g/mol. The first-order chi connectivity index (χ1) is 10.3. The number of ether oxygens (including phenoxy) is 3. The molecule has 0 unspecified atom stereocenters. The fraction of sp³-hybridized carbons (Fsp3) is 0.647. The van der Waals surface area contributed by atoms with Crippen LogP contribution in [0.25, 0.3) is 0 Å². The van der Waals surface area contributed by atoms with E-state index in [1.165, 1.54) is 31.2 Å². The van der Waals surface area contributed by atoms with Crippen molar-refractivity contribution in [1.82, 2.24) is 5.32 Å². The van der Waals surface area contributed by atoms with Gasteiger partial charge in [0, 0.05) is 6.54 Å². The predicted octanol–water partition coefficient (Wildman–Crippen LogP) is 2.95. The highest BCUT2D eigenvalue weighted by atomic mass is 16.7. The van der Waals surface area contributed by atoms with Crippen LogP contribution in [-0.4, -0.2) is 20.4 Å². The molecule has 1 heterocycles. The molecule has 0 saturated heterocycles. The summed E-state index contributed by atoms with van der Waals surface area (Å²) in [5, 5.41) is 3.64. The highest BCUT2D eigenvalue weighted by Gasteiger charge is 2.40. The molecule has 0 atom stereocenters. The Morgan fingerprint density at radius 3 is 2.62 bits per heavy atom. The van der Waals surface area contributed by atoms with Crippen molar-refractivity contribution >= 4 is 0 Å². The zero-order valence-corrected chi connectivity index (χ0v) is 12.6. The molecule has 1 aromatic carbocycles. The normalized spacial score (nSPS) is 20.1.